The largest absolute Gasteiger partial charge is 0.378 e. The van der Waals surface area contributed by atoms with Crippen LogP contribution in [0.4, 0.5) is 11.5 Å². The molecule has 0 radical (unpaired) electrons. The molecule has 2 aliphatic heterocycles. The number of carbonyl (C=O) groups excluding carboxylic acids is 1. The van der Waals surface area contributed by atoms with Crippen molar-refractivity contribution in [2.45, 2.75) is 6.10 Å². The third-order valence-corrected chi connectivity index (χ3v) is 3.60. The van der Waals surface area contributed by atoms with Gasteiger partial charge in [-0.05, 0) is 12.1 Å². The Morgan fingerprint density at radius 2 is 2.04 bits per heavy atom. The number of anilines is 2. The van der Waals surface area contributed by atoms with Gasteiger partial charge < -0.3 is 25.0 Å². The molecule has 2 saturated heterocycles. The first kappa shape index (κ1) is 19.9. The number of nitrogens with zero attached hydrogens (tertiary/aromatic N) is 2. The first-order valence-electron chi connectivity index (χ1n) is 7.25. The molecule has 1 atom stereocenters. The van der Waals surface area contributed by atoms with Crippen molar-refractivity contribution in [3.05, 3.63) is 18.3 Å². The zero-order valence-electron chi connectivity index (χ0n) is 12.7. The second kappa shape index (κ2) is 9.89. The molecule has 2 aliphatic rings. The number of rotatable bonds is 3. The van der Waals surface area contributed by atoms with Gasteiger partial charge in [0, 0.05) is 26.2 Å². The fourth-order valence-corrected chi connectivity index (χ4v) is 2.41. The van der Waals surface area contributed by atoms with Crippen molar-refractivity contribution < 1.29 is 14.3 Å². The van der Waals surface area contributed by atoms with E-state index in [1.807, 2.05) is 12.1 Å². The van der Waals surface area contributed by atoms with Crippen molar-refractivity contribution in [1.82, 2.24) is 10.3 Å². The van der Waals surface area contributed by atoms with Crippen LogP contribution in [0, 0.1) is 0 Å². The standard InChI is InChI=1S/C14H20N4O3.2ClH/c19-14(12-10-15-3-6-21-12)17-13-2-1-11(9-16-13)18-4-7-20-8-5-18;;/h1-2,9,12,15H,3-8,10H2,(H,16,17,19);2*1H. The minimum absolute atomic E-state index is 0. The Bertz CT molecular complexity index is 477. The predicted octanol–water partition coefficient (Wildman–Crippen LogP) is 0.689. The van der Waals surface area contributed by atoms with Crippen LogP contribution in [0.15, 0.2) is 18.3 Å². The molecule has 3 heterocycles. The van der Waals surface area contributed by atoms with E-state index >= 15 is 0 Å². The van der Waals surface area contributed by atoms with Crippen LogP contribution in [-0.4, -0.2) is 63.0 Å². The number of amides is 1. The van der Waals surface area contributed by atoms with Gasteiger partial charge in [-0.15, -0.1) is 24.8 Å². The van der Waals surface area contributed by atoms with Gasteiger partial charge in [0.25, 0.3) is 5.91 Å². The van der Waals surface area contributed by atoms with Crippen molar-refractivity contribution in [3.8, 4) is 0 Å². The minimum atomic E-state index is -0.445. The molecule has 7 nitrogen and oxygen atoms in total. The lowest BCUT2D eigenvalue weighted by atomic mass is 10.3. The fraction of sp³-hybridized carbons (Fsp3) is 0.571. The van der Waals surface area contributed by atoms with Crippen LogP contribution in [0.5, 0.6) is 0 Å². The summed E-state index contributed by atoms with van der Waals surface area (Å²) in [5, 5.41) is 5.91. The molecule has 23 heavy (non-hydrogen) atoms. The van der Waals surface area contributed by atoms with Gasteiger partial charge in [-0.1, -0.05) is 0 Å². The Balaban J connectivity index is 0.00000132. The number of pyridine rings is 1. The van der Waals surface area contributed by atoms with Crippen LogP contribution >= 0.6 is 24.8 Å². The Morgan fingerprint density at radius 3 is 2.65 bits per heavy atom. The molecule has 3 rings (SSSR count). The molecule has 1 unspecified atom stereocenters. The van der Waals surface area contributed by atoms with Crippen molar-refractivity contribution in [2.75, 3.05) is 56.2 Å². The number of carbonyl (C=O) groups is 1. The Morgan fingerprint density at radius 1 is 1.26 bits per heavy atom. The summed E-state index contributed by atoms with van der Waals surface area (Å²) in [4.78, 5) is 18.5. The molecule has 0 bridgehead atoms. The third kappa shape index (κ3) is 5.47. The Kier molecular flexibility index (Phi) is 8.57. The molecule has 0 aliphatic carbocycles. The van der Waals surface area contributed by atoms with E-state index in [0.29, 0.717) is 19.0 Å². The van der Waals surface area contributed by atoms with Crippen LogP contribution < -0.4 is 15.5 Å². The second-order valence-electron chi connectivity index (χ2n) is 5.05. The molecule has 1 aromatic rings. The van der Waals surface area contributed by atoms with E-state index in [-0.39, 0.29) is 30.7 Å². The lowest BCUT2D eigenvalue weighted by Crippen LogP contribution is -2.45. The number of nitrogens with one attached hydrogen (secondary N) is 2. The van der Waals surface area contributed by atoms with Crippen LogP contribution in [-0.2, 0) is 14.3 Å². The van der Waals surface area contributed by atoms with Gasteiger partial charge in [0.2, 0.25) is 0 Å². The molecular weight excluding hydrogens is 343 g/mol. The molecule has 1 amide bonds. The average molecular weight is 365 g/mol. The van der Waals surface area contributed by atoms with Crippen molar-refractivity contribution >= 4 is 42.2 Å². The third-order valence-electron chi connectivity index (χ3n) is 3.60. The maximum Gasteiger partial charge on any atom is 0.255 e. The molecule has 130 valence electrons. The van der Waals surface area contributed by atoms with E-state index in [1.54, 1.807) is 6.20 Å². The fourth-order valence-electron chi connectivity index (χ4n) is 2.41. The molecule has 2 fully saturated rings. The Hall–Kier alpha value is -1.12. The first-order valence-corrected chi connectivity index (χ1v) is 7.25. The van der Waals surface area contributed by atoms with E-state index in [2.05, 4.69) is 20.5 Å². The summed E-state index contributed by atoms with van der Waals surface area (Å²) in [6.07, 6.45) is 1.33. The maximum atomic E-state index is 12.0. The number of ether oxygens (including phenoxy) is 2. The number of hydrogen-bond donors (Lipinski definition) is 2. The molecule has 0 spiro atoms. The summed E-state index contributed by atoms with van der Waals surface area (Å²) in [5.74, 6) is 0.389. The van der Waals surface area contributed by atoms with Crippen LogP contribution in [0.3, 0.4) is 0 Å². The van der Waals surface area contributed by atoms with Gasteiger partial charge in [0.1, 0.15) is 11.9 Å². The highest BCUT2D eigenvalue weighted by molar-refractivity contribution is 5.93. The lowest BCUT2D eigenvalue weighted by Gasteiger charge is -2.28. The molecule has 9 heteroatoms. The molecule has 2 N–H and O–H groups in total. The monoisotopic (exact) mass is 364 g/mol. The quantitative estimate of drug-likeness (QED) is 0.821. The molecular formula is C14H22Cl2N4O3. The topological polar surface area (TPSA) is 75.7 Å². The van der Waals surface area contributed by atoms with E-state index < -0.39 is 6.10 Å². The van der Waals surface area contributed by atoms with E-state index in [0.717, 1.165) is 38.5 Å². The van der Waals surface area contributed by atoms with Gasteiger partial charge in [0.05, 0.1) is 31.7 Å². The summed E-state index contributed by atoms with van der Waals surface area (Å²) in [6.45, 7) is 5.11. The second-order valence-corrected chi connectivity index (χ2v) is 5.05. The first-order chi connectivity index (χ1) is 10.3. The SMILES string of the molecule is Cl.Cl.O=C(Nc1ccc(N2CCOCC2)cn1)C1CNCCO1. The average Bonchev–Trinajstić information content (AvgIpc) is 2.57. The zero-order valence-corrected chi connectivity index (χ0v) is 14.3. The van der Waals surface area contributed by atoms with Gasteiger partial charge in [0.15, 0.2) is 0 Å². The summed E-state index contributed by atoms with van der Waals surface area (Å²) in [5.41, 5.74) is 1.05. The summed E-state index contributed by atoms with van der Waals surface area (Å²) in [7, 11) is 0. The van der Waals surface area contributed by atoms with Crippen molar-refractivity contribution in [3.63, 3.8) is 0 Å². The van der Waals surface area contributed by atoms with E-state index in [9.17, 15) is 4.79 Å². The smallest absolute Gasteiger partial charge is 0.255 e. The molecule has 1 aromatic heterocycles. The van der Waals surface area contributed by atoms with E-state index in [1.165, 1.54) is 0 Å². The van der Waals surface area contributed by atoms with Gasteiger partial charge in [-0.25, -0.2) is 4.98 Å². The molecule has 0 saturated carbocycles. The highest BCUT2D eigenvalue weighted by atomic mass is 35.5. The van der Waals surface area contributed by atoms with Crippen LogP contribution in [0.25, 0.3) is 0 Å². The Labute approximate surface area is 147 Å². The number of morpholine rings is 2. The van der Waals surface area contributed by atoms with Gasteiger partial charge >= 0.3 is 0 Å². The minimum Gasteiger partial charge on any atom is -0.378 e. The van der Waals surface area contributed by atoms with Crippen LogP contribution in [0.2, 0.25) is 0 Å². The number of hydrogen-bond acceptors (Lipinski definition) is 6. The maximum absolute atomic E-state index is 12.0. The molecule has 0 aromatic carbocycles. The lowest BCUT2D eigenvalue weighted by molar-refractivity contribution is -0.128. The van der Waals surface area contributed by atoms with Gasteiger partial charge in [-0.3, -0.25) is 4.79 Å². The summed E-state index contributed by atoms with van der Waals surface area (Å²) < 4.78 is 10.7. The van der Waals surface area contributed by atoms with E-state index in [4.69, 9.17) is 9.47 Å². The van der Waals surface area contributed by atoms with Crippen molar-refractivity contribution in [2.24, 2.45) is 0 Å². The highest BCUT2D eigenvalue weighted by Crippen LogP contribution is 2.16. The normalized spacial score (nSPS) is 20.9. The number of halogens is 2. The van der Waals surface area contributed by atoms with Crippen LogP contribution in [0.1, 0.15) is 0 Å². The summed E-state index contributed by atoms with van der Waals surface area (Å²) in [6, 6.07) is 3.78. The zero-order chi connectivity index (χ0) is 14.5. The number of aromatic nitrogens is 1. The van der Waals surface area contributed by atoms with Gasteiger partial charge in [-0.2, -0.15) is 0 Å². The highest BCUT2D eigenvalue weighted by Gasteiger charge is 2.22. The predicted molar refractivity (Wildman–Crippen MR) is 93.0 cm³/mol. The van der Waals surface area contributed by atoms with Crippen molar-refractivity contribution in [1.29, 1.82) is 0 Å². The summed E-state index contributed by atoms with van der Waals surface area (Å²) >= 11 is 0.